The fourth-order valence-electron chi connectivity index (χ4n) is 4.78. The van der Waals surface area contributed by atoms with Crippen LogP contribution in [0.1, 0.15) is 25.0 Å². The Morgan fingerprint density at radius 2 is 1.48 bits per heavy atom. The first-order valence-electron chi connectivity index (χ1n) is 13.8. The zero-order valence-electron chi connectivity index (χ0n) is 24.0. The lowest BCUT2D eigenvalue weighted by Crippen LogP contribution is -2.53. The number of nitrogens with one attached hydrogen (secondary N) is 1. The molecule has 0 aliphatic heterocycles. The zero-order chi connectivity index (χ0) is 30.3. The minimum absolute atomic E-state index is 0.0930. The van der Waals surface area contributed by atoms with Gasteiger partial charge in [-0.25, -0.2) is 8.42 Å². The van der Waals surface area contributed by atoms with E-state index in [0.29, 0.717) is 22.6 Å². The molecule has 1 N–H and O–H groups in total. The second kappa shape index (κ2) is 13.9. The summed E-state index contributed by atoms with van der Waals surface area (Å²) in [5.41, 5.74) is 2.04. The number of rotatable bonds is 12. The van der Waals surface area contributed by atoms with Gasteiger partial charge in [-0.05, 0) is 40.6 Å². The van der Waals surface area contributed by atoms with Crippen molar-refractivity contribution in [2.45, 2.75) is 32.9 Å². The van der Waals surface area contributed by atoms with Crippen LogP contribution < -0.4 is 9.62 Å². The molecule has 0 aliphatic rings. The van der Waals surface area contributed by atoms with E-state index >= 15 is 0 Å². The van der Waals surface area contributed by atoms with Crippen molar-refractivity contribution >= 4 is 49.9 Å². The lowest BCUT2D eigenvalue weighted by molar-refractivity contribution is -0.140. The molecule has 0 saturated carbocycles. The quantitative estimate of drug-likeness (QED) is 0.225. The molecule has 7 nitrogen and oxygen atoms in total. The molecule has 0 aromatic heterocycles. The minimum atomic E-state index is -3.87. The van der Waals surface area contributed by atoms with E-state index in [1.165, 1.54) is 4.90 Å². The highest BCUT2D eigenvalue weighted by Gasteiger charge is 2.33. The molecule has 0 radical (unpaired) electrons. The van der Waals surface area contributed by atoms with Gasteiger partial charge in [0.05, 0.1) is 11.9 Å². The summed E-state index contributed by atoms with van der Waals surface area (Å²) in [7, 11) is -3.87. The van der Waals surface area contributed by atoms with Crippen LogP contribution in [0.25, 0.3) is 10.8 Å². The smallest absolute Gasteiger partial charge is 0.244 e. The number of fused-ring (bicyclic) bond motifs is 1. The van der Waals surface area contributed by atoms with Gasteiger partial charge in [0.2, 0.25) is 21.8 Å². The Hall–Kier alpha value is -3.88. The predicted octanol–water partition coefficient (Wildman–Crippen LogP) is 5.67. The number of amides is 2. The number of carbonyl (C=O) groups excluding carboxylic acids is 2. The largest absolute Gasteiger partial charge is 0.354 e. The molecule has 4 rings (SSSR count). The topological polar surface area (TPSA) is 86.8 Å². The van der Waals surface area contributed by atoms with E-state index in [2.05, 4.69) is 5.32 Å². The number of benzene rings is 4. The summed E-state index contributed by atoms with van der Waals surface area (Å²) in [6.07, 6.45) is 1.35. The number of hydrogen-bond donors (Lipinski definition) is 1. The molecular weight excluding hydrogens is 570 g/mol. The molecule has 0 spiro atoms. The second-order valence-electron chi connectivity index (χ2n) is 10.8. The van der Waals surface area contributed by atoms with Crippen LogP contribution in [0.5, 0.6) is 0 Å². The van der Waals surface area contributed by atoms with Crippen LogP contribution in [0.3, 0.4) is 0 Å². The molecule has 0 bridgehead atoms. The normalized spacial score (nSPS) is 12.2. The number of carbonyl (C=O) groups is 2. The Balaban J connectivity index is 1.77. The molecule has 0 saturated heterocycles. The Kier molecular flexibility index (Phi) is 10.2. The number of hydrogen-bond acceptors (Lipinski definition) is 4. The number of anilines is 1. The molecule has 1 unspecified atom stereocenters. The van der Waals surface area contributed by atoms with Gasteiger partial charge in [0, 0.05) is 29.9 Å². The van der Waals surface area contributed by atoms with Crippen molar-refractivity contribution < 1.29 is 18.0 Å². The highest BCUT2D eigenvalue weighted by molar-refractivity contribution is 7.92. The molecule has 1 atom stereocenters. The third kappa shape index (κ3) is 8.11. The Morgan fingerprint density at radius 1 is 0.833 bits per heavy atom. The van der Waals surface area contributed by atoms with E-state index in [0.717, 1.165) is 27.1 Å². The average Bonchev–Trinajstić information content (AvgIpc) is 2.97. The molecule has 0 aliphatic carbocycles. The van der Waals surface area contributed by atoms with Crippen molar-refractivity contribution in [1.82, 2.24) is 10.2 Å². The minimum Gasteiger partial charge on any atom is -0.354 e. The molecule has 0 heterocycles. The maximum Gasteiger partial charge on any atom is 0.244 e. The molecule has 2 amide bonds. The van der Waals surface area contributed by atoms with Gasteiger partial charge in [-0.3, -0.25) is 13.9 Å². The van der Waals surface area contributed by atoms with E-state index in [-0.39, 0.29) is 24.8 Å². The maximum absolute atomic E-state index is 14.3. The fraction of sp³-hybridized carbons (Fsp3) is 0.273. The molecule has 4 aromatic rings. The average molecular weight is 606 g/mol. The zero-order valence-corrected chi connectivity index (χ0v) is 25.6. The molecule has 0 fully saturated rings. The van der Waals surface area contributed by atoms with Crippen molar-refractivity contribution in [2.24, 2.45) is 5.92 Å². The highest BCUT2D eigenvalue weighted by Crippen LogP contribution is 2.29. The van der Waals surface area contributed by atoms with E-state index in [4.69, 9.17) is 11.6 Å². The van der Waals surface area contributed by atoms with Gasteiger partial charge in [0.15, 0.2) is 0 Å². The third-order valence-electron chi connectivity index (χ3n) is 6.94. The van der Waals surface area contributed by atoms with E-state index in [9.17, 15) is 18.0 Å². The van der Waals surface area contributed by atoms with Crippen LogP contribution in [0.15, 0.2) is 97.1 Å². The number of sulfonamides is 1. The summed E-state index contributed by atoms with van der Waals surface area (Å²) >= 11 is 6.12. The summed E-state index contributed by atoms with van der Waals surface area (Å²) < 4.78 is 27.4. The van der Waals surface area contributed by atoms with Crippen molar-refractivity contribution in [1.29, 1.82) is 0 Å². The Bertz CT molecular complexity index is 1620. The second-order valence-corrected chi connectivity index (χ2v) is 13.1. The summed E-state index contributed by atoms with van der Waals surface area (Å²) in [5, 5.41) is 5.09. The highest BCUT2D eigenvalue weighted by atomic mass is 35.5. The third-order valence-corrected chi connectivity index (χ3v) is 8.31. The maximum atomic E-state index is 14.3. The van der Waals surface area contributed by atoms with Gasteiger partial charge in [0.1, 0.15) is 12.6 Å². The van der Waals surface area contributed by atoms with Gasteiger partial charge >= 0.3 is 0 Å². The molecule has 42 heavy (non-hydrogen) atoms. The van der Waals surface area contributed by atoms with Gasteiger partial charge < -0.3 is 10.2 Å². The lowest BCUT2D eigenvalue weighted by Gasteiger charge is -2.34. The van der Waals surface area contributed by atoms with Crippen LogP contribution in [0, 0.1) is 5.92 Å². The van der Waals surface area contributed by atoms with Crippen molar-refractivity contribution in [3.63, 3.8) is 0 Å². The van der Waals surface area contributed by atoms with Gasteiger partial charge in [-0.2, -0.15) is 0 Å². The Labute approximate surface area is 253 Å². The van der Waals surface area contributed by atoms with E-state index in [1.54, 1.807) is 36.4 Å². The molecular formula is C33H36ClN3O4S. The van der Waals surface area contributed by atoms with Crippen LogP contribution in [-0.4, -0.2) is 50.5 Å². The Morgan fingerprint density at radius 3 is 2.14 bits per heavy atom. The van der Waals surface area contributed by atoms with Crippen molar-refractivity contribution in [3.05, 3.63) is 113 Å². The SMILES string of the molecule is CC(C)CNC(=O)C(Cc1ccccc1)N(Cc1ccc(Cl)cc1)C(=O)CN(c1cccc2ccccc12)S(C)(=O)=O. The molecule has 220 valence electrons. The van der Waals surface area contributed by atoms with E-state index in [1.807, 2.05) is 74.5 Å². The molecule has 9 heteroatoms. The number of halogens is 1. The summed E-state index contributed by atoms with van der Waals surface area (Å²) in [6, 6.07) is 28.4. The first-order chi connectivity index (χ1) is 20.0. The van der Waals surface area contributed by atoms with Gasteiger partial charge in [0.25, 0.3) is 0 Å². The van der Waals surface area contributed by atoms with Gasteiger partial charge in [-0.15, -0.1) is 0 Å². The summed E-state index contributed by atoms with van der Waals surface area (Å²) in [6.45, 7) is 4.06. The molecule has 4 aromatic carbocycles. The van der Waals surface area contributed by atoms with Crippen molar-refractivity contribution in [2.75, 3.05) is 23.7 Å². The standard InChI is InChI=1S/C33H36ClN3O4S/c1-24(2)21-35-33(39)31(20-25-10-5-4-6-11-25)36(22-26-16-18-28(34)19-17-26)32(38)23-37(42(3,40)41)30-15-9-13-27-12-7-8-14-29(27)30/h4-19,24,31H,20-23H2,1-3H3,(H,35,39). The fourth-order valence-corrected chi connectivity index (χ4v) is 5.77. The van der Waals surface area contributed by atoms with Crippen LogP contribution in [0.2, 0.25) is 5.02 Å². The monoisotopic (exact) mass is 605 g/mol. The van der Waals surface area contributed by atoms with Gasteiger partial charge in [-0.1, -0.05) is 104 Å². The van der Waals surface area contributed by atoms with Crippen LogP contribution in [0.4, 0.5) is 5.69 Å². The summed E-state index contributed by atoms with van der Waals surface area (Å²) in [5.74, 6) is -0.589. The van der Waals surface area contributed by atoms with Crippen molar-refractivity contribution in [3.8, 4) is 0 Å². The van der Waals surface area contributed by atoms with Crippen LogP contribution in [-0.2, 0) is 32.6 Å². The predicted molar refractivity (Wildman–Crippen MR) is 170 cm³/mol. The lowest BCUT2D eigenvalue weighted by atomic mass is 10.0. The van der Waals surface area contributed by atoms with Crippen LogP contribution >= 0.6 is 11.6 Å². The first kappa shape index (κ1) is 31.1. The summed E-state index contributed by atoms with van der Waals surface area (Å²) in [4.78, 5) is 29.5. The first-order valence-corrected chi connectivity index (χ1v) is 16.1. The number of nitrogens with zero attached hydrogens (tertiary/aromatic N) is 2. The van der Waals surface area contributed by atoms with E-state index < -0.39 is 28.5 Å².